The Morgan fingerprint density at radius 1 is 1.25 bits per heavy atom. The monoisotopic (exact) mass is 415 g/mol. The maximum Gasteiger partial charge on any atom is 0.224 e. The third-order valence-corrected chi connectivity index (χ3v) is 7.24. The number of nitrogens with zero attached hydrogens (tertiary/aromatic N) is 1. The van der Waals surface area contributed by atoms with Gasteiger partial charge in [0.05, 0.1) is 6.54 Å². The second-order valence-electron chi connectivity index (χ2n) is 7.31. The number of fused-ring (bicyclic) bond motifs is 1. The van der Waals surface area contributed by atoms with E-state index in [0.717, 1.165) is 44.5 Å². The summed E-state index contributed by atoms with van der Waals surface area (Å²) in [7, 11) is 0. The minimum atomic E-state index is 0.110. The zero-order chi connectivity index (χ0) is 19.3. The lowest BCUT2D eigenvalue weighted by Crippen LogP contribution is -2.37. The number of piperidine rings is 1. The first-order chi connectivity index (χ1) is 13.7. The molecule has 2 N–H and O–H groups in total. The van der Waals surface area contributed by atoms with Crippen LogP contribution in [0.15, 0.2) is 40.6 Å². The number of anilines is 1. The van der Waals surface area contributed by atoms with E-state index in [1.54, 1.807) is 23.3 Å². The normalized spacial score (nSPS) is 18.2. The Bertz CT molecular complexity index is 830. The van der Waals surface area contributed by atoms with Crippen molar-refractivity contribution in [3.05, 3.63) is 46.2 Å². The van der Waals surface area contributed by atoms with Crippen LogP contribution in [0.2, 0.25) is 0 Å². The lowest BCUT2D eigenvalue weighted by Gasteiger charge is -2.30. The number of hydrogen-bond donors (Lipinski definition) is 2. The Hall–Kier alpha value is -1.83. The van der Waals surface area contributed by atoms with Crippen LogP contribution in [0, 0.1) is 5.92 Å². The summed E-state index contributed by atoms with van der Waals surface area (Å²) < 4.78 is 2.35. The van der Waals surface area contributed by atoms with Crippen LogP contribution in [0.4, 0.5) is 5.69 Å². The van der Waals surface area contributed by atoms with Crippen LogP contribution in [0.5, 0.6) is 0 Å². The first-order valence-corrected chi connectivity index (χ1v) is 11.5. The van der Waals surface area contributed by atoms with Gasteiger partial charge in [-0.25, -0.2) is 4.31 Å². The van der Waals surface area contributed by atoms with E-state index in [1.807, 2.05) is 17.5 Å². The van der Waals surface area contributed by atoms with Crippen LogP contribution in [0.3, 0.4) is 0 Å². The number of aryl methyl sites for hydroxylation is 1. The highest BCUT2D eigenvalue weighted by atomic mass is 32.2. The molecule has 0 radical (unpaired) electrons. The summed E-state index contributed by atoms with van der Waals surface area (Å²) in [4.78, 5) is 26.5. The van der Waals surface area contributed by atoms with Crippen molar-refractivity contribution in [1.29, 1.82) is 0 Å². The molecule has 0 spiro atoms. The molecule has 2 aliphatic heterocycles. The predicted octanol–water partition coefficient (Wildman–Crippen LogP) is 4.06. The molecule has 0 atom stereocenters. The maximum atomic E-state index is 12.4. The van der Waals surface area contributed by atoms with Gasteiger partial charge in [-0.3, -0.25) is 9.59 Å². The van der Waals surface area contributed by atoms with Crippen molar-refractivity contribution >= 4 is 40.8 Å². The zero-order valence-electron chi connectivity index (χ0n) is 15.8. The number of rotatable bonds is 5. The molecule has 0 unspecified atom stereocenters. The number of benzene rings is 1. The Morgan fingerprint density at radius 2 is 2.11 bits per heavy atom. The summed E-state index contributed by atoms with van der Waals surface area (Å²) in [6, 6.07) is 10.4. The third kappa shape index (κ3) is 4.96. The van der Waals surface area contributed by atoms with E-state index in [9.17, 15) is 9.59 Å². The zero-order valence-corrected chi connectivity index (χ0v) is 17.4. The van der Waals surface area contributed by atoms with Gasteiger partial charge in [0.25, 0.3) is 0 Å². The van der Waals surface area contributed by atoms with Crippen molar-refractivity contribution in [2.24, 2.45) is 5.92 Å². The van der Waals surface area contributed by atoms with Crippen molar-refractivity contribution < 1.29 is 9.59 Å². The van der Waals surface area contributed by atoms with Gasteiger partial charge in [-0.2, -0.15) is 0 Å². The summed E-state index contributed by atoms with van der Waals surface area (Å²) in [5.41, 5.74) is 2.17. The largest absolute Gasteiger partial charge is 0.351 e. The number of hydrogen-bond acceptors (Lipinski definition) is 5. The van der Waals surface area contributed by atoms with Gasteiger partial charge in [-0.1, -0.05) is 6.07 Å². The van der Waals surface area contributed by atoms with Gasteiger partial charge in [0.2, 0.25) is 11.8 Å². The SMILES string of the molecule is O=C1CCCc2cc(SN3CCC(C(=O)NCc4cccs4)CC3)ccc2N1. The average Bonchev–Trinajstić information content (AvgIpc) is 3.15. The molecule has 0 saturated carbocycles. The summed E-state index contributed by atoms with van der Waals surface area (Å²) in [5, 5.41) is 8.10. The summed E-state index contributed by atoms with van der Waals surface area (Å²) in [5.74, 6) is 0.400. The van der Waals surface area contributed by atoms with Crippen molar-refractivity contribution in [3.63, 3.8) is 0 Å². The molecule has 148 valence electrons. The molecule has 0 aliphatic carbocycles. The summed E-state index contributed by atoms with van der Waals surface area (Å²) in [6.45, 7) is 2.46. The second-order valence-corrected chi connectivity index (χ2v) is 9.52. The number of amides is 2. The minimum absolute atomic E-state index is 0.110. The van der Waals surface area contributed by atoms with Crippen LogP contribution in [0.25, 0.3) is 0 Å². The highest BCUT2D eigenvalue weighted by Gasteiger charge is 2.25. The molecule has 0 bridgehead atoms. The molecule has 1 saturated heterocycles. The van der Waals surface area contributed by atoms with E-state index in [4.69, 9.17) is 0 Å². The lowest BCUT2D eigenvalue weighted by molar-refractivity contribution is -0.126. The Morgan fingerprint density at radius 3 is 2.89 bits per heavy atom. The van der Waals surface area contributed by atoms with Gasteiger partial charge in [0.15, 0.2) is 0 Å². The molecule has 1 aromatic carbocycles. The number of carbonyl (C=O) groups excluding carboxylic acids is 2. The molecular formula is C21H25N3O2S2. The first kappa shape index (κ1) is 19.5. The average molecular weight is 416 g/mol. The molecule has 28 heavy (non-hydrogen) atoms. The standard InChI is InChI=1S/C21H25N3O2S2/c25-20-5-1-3-16-13-17(6-7-19(16)23-20)28-24-10-8-15(9-11-24)21(26)22-14-18-4-2-12-27-18/h2,4,6-7,12-13,15H,1,3,5,8-11,14H2,(H,22,26)(H,23,25). The van der Waals surface area contributed by atoms with E-state index in [0.29, 0.717) is 13.0 Å². The quantitative estimate of drug-likeness (QED) is 0.723. The van der Waals surface area contributed by atoms with Crippen LogP contribution in [-0.2, 0) is 22.6 Å². The van der Waals surface area contributed by atoms with Crippen LogP contribution < -0.4 is 10.6 Å². The summed E-state index contributed by atoms with van der Waals surface area (Å²) in [6.07, 6.45) is 4.22. The molecule has 7 heteroatoms. The molecule has 4 rings (SSSR count). The summed E-state index contributed by atoms with van der Waals surface area (Å²) >= 11 is 3.44. The van der Waals surface area contributed by atoms with Gasteiger partial charge in [-0.15, -0.1) is 11.3 Å². The van der Waals surface area contributed by atoms with E-state index >= 15 is 0 Å². The smallest absolute Gasteiger partial charge is 0.224 e. The Balaban J connectivity index is 1.27. The van der Waals surface area contributed by atoms with Crippen molar-refractivity contribution in [2.75, 3.05) is 18.4 Å². The highest BCUT2D eigenvalue weighted by Crippen LogP contribution is 2.32. The van der Waals surface area contributed by atoms with E-state index in [1.165, 1.54) is 15.3 Å². The topological polar surface area (TPSA) is 61.4 Å². The maximum absolute atomic E-state index is 12.4. The fourth-order valence-electron chi connectivity index (χ4n) is 3.70. The molecule has 5 nitrogen and oxygen atoms in total. The van der Waals surface area contributed by atoms with Gasteiger partial charge in [-0.05, 0) is 72.8 Å². The number of nitrogens with one attached hydrogen (secondary N) is 2. The van der Waals surface area contributed by atoms with Crippen molar-refractivity contribution in [3.8, 4) is 0 Å². The van der Waals surface area contributed by atoms with Crippen molar-refractivity contribution in [1.82, 2.24) is 9.62 Å². The lowest BCUT2D eigenvalue weighted by atomic mass is 9.97. The molecule has 3 heterocycles. The third-order valence-electron chi connectivity index (χ3n) is 5.28. The first-order valence-electron chi connectivity index (χ1n) is 9.83. The van der Waals surface area contributed by atoms with Gasteiger partial charge in [0, 0.05) is 40.9 Å². The Kier molecular flexibility index (Phi) is 6.34. The van der Waals surface area contributed by atoms with E-state index < -0.39 is 0 Å². The molecular weight excluding hydrogens is 390 g/mol. The van der Waals surface area contributed by atoms with Crippen LogP contribution >= 0.6 is 23.3 Å². The van der Waals surface area contributed by atoms with Gasteiger partial charge >= 0.3 is 0 Å². The highest BCUT2D eigenvalue weighted by molar-refractivity contribution is 7.97. The molecule has 1 aromatic heterocycles. The van der Waals surface area contributed by atoms with Crippen LogP contribution in [0.1, 0.15) is 36.1 Å². The van der Waals surface area contributed by atoms with Crippen molar-refractivity contribution in [2.45, 2.75) is 43.5 Å². The molecule has 1 fully saturated rings. The van der Waals surface area contributed by atoms with Gasteiger partial charge in [0.1, 0.15) is 0 Å². The second kappa shape index (κ2) is 9.11. The molecule has 2 aromatic rings. The van der Waals surface area contributed by atoms with E-state index in [2.05, 4.69) is 33.1 Å². The molecule has 2 amide bonds. The number of thiophene rings is 1. The van der Waals surface area contributed by atoms with Gasteiger partial charge < -0.3 is 10.6 Å². The molecule has 2 aliphatic rings. The fourth-order valence-corrected chi connectivity index (χ4v) is 5.36. The van der Waals surface area contributed by atoms with E-state index in [-0.39, 0.29) is 17.7 Å². The Labute approximate surface area is 174 Å². The fraction of sp³-hybridized carbons (Fsp3) is 0.429. The predicted molar refractivity (Wildman–Crippen MR) is 114 cm³/mol. The van der Waals surface area contributed by atoms with Crippen LogP contribution in [-0.4, -0.2) is 29.2 Å². The minimum Gasteiger partial charge on any atom is -0.351 e. The number of carbonyl (C=O) groups is 2.